The van der Waals surface area contributed by atoms with Crippen LogP contribution in [0.2, 0.25) is 0 Å². The van der Waals surface area contributed by atoms with Gasteiger partial charge in [-0.3, -0.25) is 11.3 Å². The molecule has 0 aromatic rings. The molecule has 1 saturated carbocycles. The van der Waals surface area contributed by atoms with E-state index < -0.39 is 0 Å². The van der Waals surface area contributed by atoms with Crippen molar-refractivity contribution >= 4 is 0 Å². The first kappa shape index (κ1) is 12.0. The van der Waals surface area contributed by atoms with Gasteiger partial charge in [-0.25, -0.2) is 0 Å². The maximum absolute atomic E-state index is 5.57. The Labute approximate surface area is 87.4 Å². The standard InChI is InChI=1S/C11H24N2O/c1-9-3-5-10(6-4-9)11(13-12)7-8-14-2/h9-11,13H,3-8,12H2,1-2H3. The number of hydrogen-bond donors (Lipinski definition) is 2. The lowest BCUT2D eigenvalue weighted by molar-refractivity contribution is 0.153. The van der Waals surface area contributed by atoms with Gasteiger partial charge in [-0.05, 0) is 31.1 Å². The molecular weight excluding hydrogens is 176 g/mol. The number of hydrogen-bond acceptors (Lipinski definition) is 3. The maximum Gasteiger partial charge on any atom is 0.0477 e. The summed E-state index contributed by atoms with van der Waals surface area (Å²) < 4.78 is 5.09. The van der Waals surface area contributed by atoms with Gasteiger partial charge in [0.15, 0.2) is 0 Å². The molecule has 1 rings (SSSR count). The van der Waals surface area contributed by atoms with Crippen molar-refractivity contribution in [3.63, 3.8) is 0 Å². The number of rotatable bonds is 5. The lowest BCUT2D eigenvalue weighted by Crippen LogP contribution is -2.42. The summed E-state index contributed by atoms with van der Waals surface area (Å²) in [6.45, 7) is 3.15. The van der Waals surface area contributed by atoms with Gasteiger partial charge in [0.2, 0.25) is 0 Å². The number of methoxy groups -OCH3 is 1. The highest BCUT2D eigenvalue weighted by atomic mass is 16.5. The minimum Gasteiger partial charge on any atom is -0.385 e. The van der Waals surface area contributed by atoms with E-state index in [1.807, 2.05) is 0 Å². The summed E-state index contributed by atoms with van der Waals surface area (Å²) in [5.41, 5.74) is 2.94. The third kappa shape index (κ3) is 3.56. The van der Waals surface area contributed by atoms with Crippen molar-refractivity contribution in [2.45, 2.75) is 45.1 Å². The molecule has 3 nitrogen and oxygen atoms in total. The predicted octanol–water partition coefficient (Wildman–Crippen LogP) is 1.68. The normalized spacial score (nSPS) is 30.2. The quantitative estimate of drug-likeness (QED) is 0.524. The number of nitrogens with two attached hydrogens (primary N) is 1. The zero-order chi connectivity index (χ0) is 10.4. The van der Waals surface area contributed by atoms with Gasteiger partial charge in [0, 0.05) is 19.8 Å². The molecule has 0 spiro atoms. The van der Waals surface area contributed by atoms with E-state index in [4.69, 9.17) is 10.6 Å². The molecule has 84 valence electrons. The molecule has 0 heterocycles. The molecule has 1 aliphatic rings. The Morgan fingerprint density at radius 1 is 1.36 bits per heavy atom. The van der Waals surface area contributed by atoms with Crippen LogP contribution in [0.3, 0.4) is 0 Å². The Balaban J connectivity index is 2.29. The highest BCUT2D eigenvalue weighted by Gasteiger charge is 2.24. The summed E-state index contributed by atoms with van der Waals surface area (Å²) in [4.78, 5) is 0. The average Bonchev–Trinajstić information content (AvgIpc) is 2.21. The first-order valence-electron chi connectivity index (χ1n) is 5.73. The molecule has 1 aliphatic carbocycles. The molecule has 14 heavy (non-hydrogen) atoms. The number of nitrogens with one attached hydrogen (secondary N) is 1. The Kier molecular flexibility index (Phi) is 5.45. The van der Waals surface area contributed by atoms with Gasteiger partial charge >= 0.3 is 0 Å². The van der Waals surface area contributed by atoms with Crippen LogP contribution in [0.5, 0.6) is 0 Å². The van der Waals surface area contributed by atoms with E-state index in [0.717, 1.165) is 24.9 Å². The smallest absolute Gasteiger partial charge is 0.0477 e. The number of ether oxygens (including phenoxy) is 1. The van der Waals surface area contributed by atoms with Gasteiger partial charge < -0.3 is 4.74 Å². The molecule has 1 atom stereocenters. The molecule has 1 unspecified atom stereocenters. The van der Waals surface area contributed by atoms with Gasteiger partial charge in [-0.2, -0.15) is 0 Å². The molecule has 3 N–H and O–H groups in total. The monoisotopic (exact) mass is 200 g/mol. The summed E-state index contributed by atoms with van der Waals surface area (Å²) in [5, 5.41) is 0. The molecule has 0 saturated heterocycles. The lowest BCUT2D eigenvalue weighted by atomic mass is 9.78. The second kappa shape index (κ2) is 6.38. The fourth-order valence-corrected chi connectivity index (χ4v) is 2.39. The van der Waals surface area contributed by atoms with Gasteiger partial charge in [-0.1, -0.05) is 19.8 Å². The van der Waals surface area contributed by atoms with Crippen molar-refractivity contribution in [3.8, 4) is 0 Å². The SMILES string of the molecule is COCCC(NN)C1CCC(C)CC1. The van der Waals surface area contributed by atoms with Crippen LogP contribution in [-0.4, -0.2) is 19.8 Å². The summed E-state index contributed by atoms with van der Waals surface area (Å²) in [6, 6.07) is 0.447. The van der Waals surface area contributed by atoms with E-state index in [-0.39, 0.29) is 0 Å². The summed E-state index contributed by atoms with van der Waals surface area (Å²) in [7, 11) is 1.75. The molecule has 0 radical (unpaired) electrons. The Hall–Kier alpha value is -0.120. The third-order valence-electron chi connectivity index (χ3n) is 3.48. The Morgan fingerprint density at radius 2 is 2.00 bits per heavy atom. The fraction of sp³-hybridized carbons (Fsp3) is 1.00. The van der Waals surface area contributed by atoms with Crippen LogP contribution in [0.4, 0.5) is 0 Å². The van der Waals surface area contributed by atoms with E-state index in [1.165, 1.54) is 25.7 Å². The average molecular weight is 200 g/mol. The van der Waals surface area contributed by atoms with Crippen LogP contribution in [0.15, 0.2) is 0 Å². The molecule has 0 bridgehead atoms. The van der Waals surface area contributed by atoms with Crippen LogP contribution < -0.4 is 11.3 Å². The van der Waals surface area contributed by atoms with Gasteiger partial charge in [0.1, 0.15) is 0 Å². The van der Waals surface area contributed by atoms with Crippen molar-refractivity contribution in [2.75, 3.05) is 13.7 Å². The van der Waals surface area contributed by atoms with Crippen molar-refractivity contribution < 1.29 is 4.74 Å². The molecule has 3 heteroatoms. The predicted molar refractivity (Wildman–Crippen MR) is 58.7 cm³/mol. The highest BCUT2D eigenvalue weighted by Crippen LogP contribution is 2.31. The molecular formula is C11H24N2O. The topological polar surface area (TPSA) is 47.3 Å². The Bertz CT molecular complexity index is 141. The molecule has 0 aliphatic heterocycles. The molecule has 1 fully saturated rings. The van der Waals surface area contributed by atoms with Crippen LogP contribution in [0.25, 0.3) is 0 Å². The van der Waals surface area contributed by atoms with Crippen molar-refractivity contribution in [1.29, 1.82) is 0 Å². The van der Waals surface area contributed by atoms with E-state index in [9.17, 15) is 0 Å². The van der Waals surface area contributed by atoms with Crippen LogP contribution in [0.1, 0.15) is 39.0 Å². The second-order valence-electron chi connectivity index (χ2n) is 4.57. The third-order valence-corrected chi connectivity index (χ3v) is 3.48. The van der Waals surface area contributed by atoms with E-state index >= 15 is 0 Å². The van der Waals surface area contributed by atoms with E-state index in [1.54, 1.807) is 7.11 Å². The largest absolute Gasteiger partial charge is 0.385 e. The highest BCUT2D eigenvalue weighted by molar-refractivity contribution is 4.79. The molecule has 0 aromatic carbocycles. The van der Waals surface area contributed by atoms with E-state index in [2.05, 4.69) is 12.3 Å². The van der Waals surface area contributed by atoms with Crippen LogP contribution >= 0.6 is 0 Å². The fourth-order valence-electron chi connectivity index (χ4n) is 2.39. The zero-order valence-corrected chi connectivity index (χ0v) is 9.46. The first-order chi connectivity index (χ1) is 6.77. The van der Waals surface area contributed by atoms with Crippen LogP contribution in [-0.2, 0) is 4.74 Å². The lowest BCUT2D eigenvalue weighted by Gasteiger charge is -2.32. The summed E-state index contributed by atoms with van der Waals surface area (Å²) in [5.74, 6) is 7.24. The van der Waals surface area contributed by atoms with Crippen LogP contribution in [0, 0.1) is 11.8 Å². The van der Waals surface area contributed by atoms with Gasteiger partial charge in [0.25, 0.3) is 0 Å². The molecule has 0 amide bonds. The van der Waals surface area contributed by atoms with Crippen molar-refractivity contribution in [3.05, 3.63) is 0 Å². The van der Waals surface area contributed by atoms with Gasteiger partial charge in [0.05, 0.1) is 0 Å². The second-order valence-corrected chi connectivity index (χ2v) is 4.57. The molecule has 0 aromatic heterocycles. The minimum atomic E-state index is 0.447. The summed E-state index contributed by atoms with van der Waals surface area (Å²) in [6.07, 6.45) is 6.39. The Morgan fingerprint density at radius 3 is 2.50 bits per heavy atom. The maximum atomic E-state index is 5.57. The number of hydrazine groups is 1. The van der Waals surface area contributed by atoms with Crippen molar-refractivity contribution in [1.82, 2.24) is 5.43 Å². The van der Waals surface area contributed by atoms with E-state index in [0.29, 0.717) is 6.04 Å². The minimum absolute atomic E-state index is 0.447. The van der Waals surface area contributed by atoms with Gasteiger partial charge in [-0.15, -0.1) is 0 Å². The zero-order valence-electron chi connectivity index (χ0n) is 9.46. The first-order valence-corrected chi connectivity index (χ1v) is 5.73. The van der Waals surface area contributed by atoms with Crippen molar-refractivity contribution in [2.24, 2.45) is 17.7 Å². The summed E-state index contributed by atoms with van der Waals surface area (Å²) >= 11 is 0.